The molecule has 1 saturated heterocycles. The highest BCUT2D eigenvalue weighted by atomic mass is 16.5. The molecule has 0 unspecified atom stereocenters. The van der Waals surface area contributed by atoms with Crippen molar-refractivity contribution < 1.29 is 14.1 Å². The number of nitrogens with zero attached hydrogens (tertiary/aromatic N) is 3. The highest BCUT2D eigenvalue weighted by Gasteiger charge is 2.28. The van der Waals surface area contributed by atoms with Crippen LogP contribution in [0.15, 0.2) is 47.0 Å². The van der Waals surface area contributed by atoms with Crippen LogP contribution in [-0.2, 0) is 0 Å². The first-order valence-electron chi connectivity index (χ1n) is 9.89. The third-order valence-electron chi connectivity index (χ3n) is 5.40. The Bertz CT molecular complexity index is 999. The number of para-hydroxylation sites is 1. The molecule has 3 aromatic rings. The number of rotatable bonds is 4. The van der Waals surface area contributed by atoms with Gasteiger partial charge in [0.2, 0.25) is 0 Å². The van der Waals surface area contributed by atoms with E-state index in [0.29, 0.717) is 30.6 Å². The van der Waals surface area contributed by atoms with Crippen molar-refractivity contribution in [3.8, 4) is 17.2 Å². The van der Waals surface area contributed by atoms with Crippen LogP contribution < -0.4 is 4.74 Å². The lowest BCUT2D eigenvalue weighted by molar-refractivity contribution is 0.0710. The predicted octanol–water partition coefficient (Wildman–Crippen LogP) is 4.38. The third kappa shape index (κ3) is 4.01. The second-order valence-electron chi connectivity index (χ2n) is 7.60. The zero-order valence-electron chi connectivity index (χ0n) is 17.0. The van der Waals surface area contributed by atoms with E-state index in [9.17, 15) is 4.79 Å². The van der Waals surface area contributed by atoms with Crippen molar-refractivity contribution in [3.05, 3.63) is 65.0 Å². The zero-order valence-corrected chi connectivity index (χ0v) is 17.0. The topological polar surface area (TPSA) is 68.5 Å². The number of likely N-dealkylation sites (tertiary alicyclic amines) is 1. The number of amides is 1. The molecule has 1 amide bonds. The molecular weight excluding hydrogens is 366 g/mol. The van der Waals surface area contributed by atoms with Gasteiger partial charge in [0.25, 0.3) is 11.8 Å². The zero-order chi connectivity index (χ0) is 20.4. The number of aromatic nitrogens is 2. The molecule has 1 aliphatic rings. The predicted molar refractivity (Wildman–Crippen MR) is 110 cm³/mol. The molecule has 2 aromatic carbocycles. The first kappa shape index (κ1) is 19.2. The molecule has 2 heterocycles. The summed E-state index contributed by atoms with van der Waals surface area (Å²) in [6.07, 6.45) is 1.64. The van der Waals surface area contributed by atoms with E-state index in [0.717, 1.165) is 35.1 Å². The fraction of sp³-hybridized carbons (Fsp3) is 0.348. The fourth-order valence-electron chi connectivity index (χ4n) is 3.95. The second-order valence-corrected chi connectivity index (χ2v) is 7.60. The van der Waals surface area contributed by atoms with E-state index in [1.807, 2.05) is 55.1 Å². The average molecular weight is 391 g/mol. The molecule has 1 aliphatic heterocycles. The lowest BCUT2D eigenvalue weighted by Gasteiger charge is -2.30. The Hall–Kier alpha value is -3.15. The number of methoxy groups -OCH3 is 1. The Balaban J connectivity index is 1.44. The van der Waals surface area contributed by atoms with Crippen LogP contribution in [0.1, 0.15) is 46.1 Å². The standard InChI is InChI=1S/C23H25N3O3/c1-15-12-16(2)14-18(13-15)23(27)26-10-8-17(9-11-26)21-24-22(29-25-21)19-6-4-5-7-20(19)28-3/h4-7,12-14,17H,8-11H2,1-3H3. The van der Waals surface area contributed by atoms with Gasteiger partial charge in [0, 0.05) is 24.6 Å². The highest BCUT2D eigenvalue weighted by molar-refractivity contribution is 5.94. The lowest BCUT2D eigenvalue weighted by Crippen LogP contribution is -2.38. The van der Waals surface area contributed by atoms with Gasteiger partial charge in [-0.05, 0) is 51.0 Å². The summed E-state index contributed by atoms with van der Waals surface area (Å²) in [4.78, 5) is 19.4. The Morgan fingerprint density at radius 3 is 2.48 bits per heavy atom. The molecule has 0 aliphatic carbocycles. The van der Waals surface area contributed by atoms with Crippen LogP contribution in [0.4, 0.5) is 0 Å². The Kier molecular flexibility index (Phi) is 5.34. The summed E-state index contributed by atoms with van der Waals surface area (Å²) >= 11 is 0. The summed E-state index contributed by atoms with van der Waals surface area (Å²) in [6, 6.07) is 13.6. The molecule has 1 aromatic heterocycles. The average Bonchev–Trinajstić information content (AvgIpc) is 3.22. The summed E-state index contributed by atoms with van der Waals surface area (Å²) in [5.41, 5.74) is 3.77. The number of hydrogen-bond acceptors (Lipinski definition) is 5. The van der Waals surface area contributed by atoms with Crippen LogP contribution in [0.25, 0.3) is 11.5 Å². The summed E-state index contributed by atoms with van der Waals surface area (Å²) < 4.78 is 10.9. The number of benzene rings is 2. The van der Waals surface area contributed by atoms with Crippen molar-refractivity contribution in [2.75, 3.05) is 20.2 Å². The molecule has 6 heteroatoms. The van der Waals surface area contributed by atoms with Crippen molar-refractivity contribution in [1.82, 2.24) is 15.0 Å². The van der Waals surface area contributed by atoms with E-state index < -0.39 is 0 Å². The smallest absolute Gasteiger partial charge is 0.261 e. The molecule has 0 spiro atoms. The van der Waals surface area contributed by atoms with Gasteiger partial charge in [0.15, 0.2) is 5.82 Å². The maximum absolute atomic E-state index is 12.9. The molecule has 29 heavy (non-hydrogen) atoms. The summed E-state index contributed by atoms with van der Waals surface area (Å²) in [5.74, 6) is 2.15. The molecule has 0 radical (unpaired) electrons. The quantitative estimate of drug-likeness (QED) is 0.660. The van der Waals surface area contributed by atoms with Crippen LogP contribution in [0, 0.1) is 13.8 Å². The number of carbonyl (C=O) groups excluding carboxylic acids is 1. The minimum absolute atomic E-state index is 0.0954. The number of ether oxygens (including phenoxy) is 1. The van der Waals surface area contributed by atoms with Crippen molar-refractivity contribution in [2.45, 2.75) is 32.6 Å². The van der Waals surface area contributed by atoms with Crippen LogP contribution >= 0.6 is 0 Å². The second kappa shape index (κ2) is 8.07. The van der Waals surface area contributed by atoms with Gasteiger partial charge in [-0.3, -0.25) is 4.79 Å². The van der Waals surface area contributed by atoms with Gasteiger partial charge in [0.1, 0.15) is 5.75 Å². The van der Waals surface area contributed by atoms with Gasteiger partial charge in [-0.25, -0.2) is 0 Å². The maximum Gasteiger partial charge on any atom is 0.261 e. The molecule has 6 nitrogen and oxygen atoms in total. The largest absolute Gasteiger partial charge is 0.496 e. The lowest BCUT2D eigenvalue weighted by atomic mass is 9.95. The Labute approximate surface area is 170 Å². The molecule has 150 valence electrons. The van der Waals surface area contributed by atoms with Crippen LogP contribution in [0.2, 0.25) is 0 Å². The minimum Gasteiger partial charge on any atom is -0.496 e. The van der Waals surface area contributed by atoms with E-state index in [-0.39, 0.29) is 11.8 Å². The van der Waals surface area contributed by atoms with E-state index in [1.165, 1.54) is 0 Å². The van der Waals surface area contributed by atoms with Crippen molar-refractivity contribution in [1.29, 1.82) is 0 Å². The molecule has 0 N–H and O–H groups in total. The van der Waals surface area contributed by atoms with Crippen LogP contribution in [-0.4, -0.2) is 41.1 Å². The van der Waals surface area contributed by atoms with E-state index >= 15 is 0 Å². The van der Waals surface area contributed by atoms with Crippen LogP contribution in [0.3, 0.4) is 0 Å². The molecule has 0 atom stereocenters. The third-order valence-corrected chi connectivity index (χ3v) is 5.40. The Morgan fingerprint density at radius 2 is 1.79 bits per heavy atom. The fourth-order valence-corrected chi connectivity index (χ4v) is 3.95. The molecular formula is C23H25N3O3. The molecule has 1 fully saturated rings. The number of aryl methyl sites for hydroxylation is 2. The minimum atomic E-state index is 0.0954. The first-order chi connectivity index (χ1) is 14.0. The number of carbonyl (C=O) groups is 1. The van der Waals surface area contributed by atoms with Gasteiger partial charge >= 0.3 is 0 Å². The normalized spacial score (nSPS) is 14.8. The van der Waals surface area contributed by atoms with Gasteiger partial charge in [-0.15, -0.1) is 0 Å². The molecule has 0 saturated carbocycles. The molecule has 4 rings (SSSR count). The van der Waals surface area contributed by atoms with Gasteiger partial charge < -0.3 is 14.2 Å². The van der Waals surface area contributed by atoms with Crippen molar-refractivity contribution in [3.63, 3.8) is 0 Å². The SMILES string of the molecule is COc1ccccc1-c1nc(C2CCN(C(=O)c3cc(C)cc(C)c3)CC2)no1. The van der Waals surface area contributed by atoms with Gasteiger partial charge in [-0.1, -0.05) is 34.5 Å². The number of piperidine rings is 1. The van der Waals surface area contributed by atoms with Crippen molar-refractivity contribution in [2.24, 2.45) is 0 Å². The highest BCUT2D eigenvalue weighted by Crippen LogP contribution is 2.32. The summed E-state index contributed by atoms with van der Waals surface area (Å²) in [7, 11) is 1.62. The Morgan fingerprint density at radius 1 is 1.10 bits per heavy atom. The monoisotopic (exact) mass is 391 g/mol. The van der Waals surface area contributed by atoms with Gasteiger partial charge in [0.05, 0.1) is 12.7 Å². The van der Waals surface area contributed by atoms with E-state index in [2.05, 4.69) is 16.2 Å². The first-order valence-corrected chi connectivity index (χ1v) is 9.89. The molecule has 0 bridgehead atoms. The number of hydrogen-bond donors (Lipinski definition) is 0. The van der Waals surface area contributed by atoms with E-state index in [4.69, 9.17) is 9.26 Å². The van der Waals surface area contributed by atoms with Crippen molar-refractivity contribution >= 4 is 5.91 Å². The maximum atomic E-state index is 12.9. The summed E-state index contributed by atoms with van der Waals surface area (Å²) in [5, 5.41) is 4.20. The van der Waals surface area contributed by atoms with Gasteiger partial charge in [-0.2, -0.15) is 4.98 Å². The summed E-state index contributed by atoms with van der Waals surface area (Å²) in [6.45, 7) is 5.42. The van der Waals surface area contributed by atoms with Crippen LogP contribution in [0.5, 0.6) is 5.75 Å². The van der Waals surface area contributed by atoms with E-state index in [1.54, 1.807) is 7.11 Å².